The zero-order valence-electron chi connectivity index (χ0n) is 15.0. The van der Waals surface area contributed by atoms with E-state index in [1.165, 1.54) is 5.56 Å². The second-order valence-corrected chi connectivity index (χ2v) is 7.02. The molecule has 0 N–H and O–H groups in total. The van der Waals surface area contributed by atoms with Crippen molar-refractivity contribution in [3.8, 4) is 0 Å². The van der Waals surface area contributed by atoms with Crippen molar-refractivity contribution in [1.29, 1.82) is 0 Å². The Bertz CT molecular complexity index is 600. The van der Waals surface area contributed by atoms with Gasteiger partial charge in [-0.05, 0) is 49.4 Å². The molecule has 4 nitrogen and oxygen atoms in total. The maximum Gasteiger partial charge on any atom is 0.254 e. The van der Waals surface area contributed by atoms with Gasteiger partial charge in [0.05, 0.1) is 0 Å². The molecule has 1 fully saturated rings. The molecule has 0 aromatic heterocycles. The molecule has 0 unspecified atom stereocenters. The Kier molecular flexibility index (Phi) is 5.45. The topological polar surface area (TPSA) is 40.6 Å². The third kappa shape index (κ3) is 4.12. The molecule has 0 atom stereocenters. The van der Waals surface area contributed by atoms with Gasteiger partial charge < -0.3 is 9.80 Å². The summed E-state index contributed by atoms with van der Waals surface area (Å²) in [5, 5.41) is 0. The molecule has 2 rings (SSSR count). The van der Waals surface area contributed by atoms with Gasteiger partial charge in [0.1, 0.15) is 0 Å². The molecule has 4 heteroatoms. The van der Waals surface area contributed by atoms with E-state index < -0.39 is 0 Å². The van der Waals surface area contributed by atoms with Gasteiger partial charge in [-0.3, -0.25) is 9.59 Å². The van der Waals surface area contributed by atoms with Crippen LogP contribution in [0.3, 0.4) is 0 Å². The van der Waals surface area contributed by atoms with E-state index in [1.54, 1.807) is 0 Å². The van der Waals surface area contributed by atoms with Crippen LogP contribution in [0.15, 0.2) is 12.1 Å². The first-order chi connectivity index (χ1) is 10.8. The van der Waals surface area contributed by atoms with Crippen molar-refractivity contribution in [2.45, 2.75) is 41.0 Å². The summed E-state index contributed by atoms with van der Waals surface area (Å²) in [6.07, 6.45) is 0.588. The molecule has 2 amide bonds. The van der Waals surface area contributed by atoms with Crippen molar-refractivity contribution in [2.24, 2.45) is 5.92 Å². The Morgan fingerprint density at radius 3 is 2.00 bits per heavy atom. The van der Waals surface area contributed by atoms with E-state index in [1.807, 2.05) is 29.7 Å². The first-order valence-corrected chi connectivity index (χ1v) is 8.44. The number of amides is 2. The minimum Gasteiger partial charge on any atom is -0.339 e. The number of piperazine rings is 1. The van der Waals surface area contributed by atoms with Crippen molar-refractivity contribution >= 4 is 11.8 Å². The molecule has 1 saturated heterocycles. The van der Waals surface area contributed by atoms with E-state index >= 15 is 0 Å². The number of hydrogen-bond donors (Lipinski definition) is 0. The van der Waals surface area contributed by atoms with Crippen molar-refractivity contribution in [1.82, 2.24) is 9.80 Å². The monoisotopic (exact) mass is 316 g/mol. The van der Waals surface area contributed by atoms with Gasteiger partial charge in [0.25, 0.3) is 5.91 Å². The molecule has 1 aliphatic heterocycles. The maximum absolute atomic E-state index is 12.8. The summed E-state index contributed by atoms with van der Waals surface area (Å²) in [6.45, 7) is 12.7. The van der Waals surface area contributed by atoms with Gasteiger partial charge in [-0.2, -0.15) is 0 Å². The molecule has 0 bridgehead atoms. The highest BCUT2D eigenvalue weighted by atomic mass is 16.2. The number of rotatable bonds is 3. The quantitative estimate of drug-likeness (QED) is 0.860. The van der Waals surface area contributed by atoms with Crippen LogP contribution in [0.1, 0.15) is 47.3 Å². The molecule has 126 valence electrons. The van der Waals surface area contributed by atoms with Crippen molar-refractivity contribution < 1.29 is 9.59 Å². The SMILES string of the molecule is Cc1cc(C)c(C(=O)N2CCN(C(=O)CC(C)C)CC2)cc1C. The minimum absolute atomic E-state index is 0.0848. The van der Waals surface area contributed by atoms with Gasteiger partial charge >= 0.3 is 0 Å². The van der Waals surface area contributed by atoms with Gasteiger partial charge in [-0.15, -0.1) is 0 Å². The maximum atomic E-state index is 12.8. The van der Waals surface area contributed by atoms with Gasteiger partial charge in [-0.25, -0.2) is 0 Å². The summed E-state index contributed by atoms with van der Waals surface area (Å²) in [7, 11) is 0. The molecule has 0 aliphatic carbocycles. The summed E-state index contributed by atoms with van der Waals surface area (Å²) >= 11 is 0. The Labute approximate surface area is 139 Å². The van der Waals surface area contributed by atoms with Gasteiger partial charge in [0, 0.05) is 38.2 Å². The van der Waals surface area contributed by atoms with Crippen LogP contribution in [0, 0.1) is 26.7 Å². The molecular formula is C19H28N2O2. The number of benzene rings is 1. The van der Waals surface area contributed by atoms with Crippen molar-refractivity contribution in [3.05, 3.63) is 34.4 Å². The fourth-order valence-electron chi connectivity index (χ4n) is 3.00. The fourth-order valence-corrected chi connectivity index (χ4v) is 3.00. The van der Waals surface area contributed by atoms with Gasteiger partial charge in [-0.1, -0.05) is 19.9 Å². The van der Waals surface area contributed by atoms with Crippen molar-refractivity contribution in [3.63, 3.8) is 0 Å². The van der Waals surface area contributed by atoms with Gasteiger partial charge in [0.15, 0.2) is 0 Å². The number of nitrogens with zero attached hydrogens (tertiary/aromatic N) is 2. The summed E-state index contributed by atoms with van der Waals surface area (Å²) in [6, 6.07) is 4.06. The van der Waals surface area contributed by atoms with Crippen LogP contribution < -0.4 is 0 Å². The third-order valence-electron chi connectivity index (χ3n) is 4.57. The van der Waals surface area contributed by atoms with E-state index in [4.69, 9.17) is 0 Å². The molecule has 1 heterocycles. The smallest absolute Gasteiger partial charge is 0.254 e. The van der Waals surface area contributed by atoms with E-state index in [2.05, 4.69) is 26.8 Å². The second-order valence-electron chi connectivity index (χ2n) is 7.02. The number of carbonyl (C=O) groups excluding carboxylic acids is 2. The molecule has 1 aliphatic rings. The van der Waals surface area contributed by atoms with Crippen molar-refractivity contribution in [2.75, 3.05) is 26.2 Å². The molecule has 23 heavy (non-hydrogen) atoms. The first-order valence-electron chi connectivity index (χ1n) is 8.44. The van der Waals surface area contributed by atoms with Crippen LogP contribution in [0.2, 0.25) is 0 Å². The standard InChI is InChI=1S/C19H28N2O2/c1-13(2)10-18(22)20-6-8-21(9-7-20)19(23)17-12-15(4)14(3)11-16(17)5/h11-13H,6-10H2,1-5H3. The summed E-state index contributed by atoms with van der Waals surface area (Å²) in [5.41, 5.74) is 4.17. The Hall–Kier alpha value is -1.84. The zero-order chi connectivity index (χ0) is 17.1. The lowest BCUT2D eigenvalue weighted by Crippen LogP contribution is -2.50. The third-order valence-corrected chi connectivity index (χ3v) is 4.57. The predicted molar refractivity (Wildman–Crippen MR) is 92.6 cm³/mol. The highest BCUT2D eigenvalue weighted by Gasteiger charge is 2.25. The van der Waals surface area contributed by atoms with Crippen LogP contribution >= 0.6 is 0 Å². The highest BCUT2D eigenvalue weighted by Crippen LogP contribution is 2.18. The van der Waals surface area contributed by atoms with E-state index in [9.17, 15) is 9.59 Å². The van der Waals surface area contributed by atoms with E-state index in [0.717, 1.165) is 16.7 Å². The van der Waals surface area contributed by atoms with E-state index in [-0.39, 0.29) is 11.8 Å². The molecule has 1 aromatic rings. The summed E-state index contributed by atoms with van der Waals surface area (Å²) in [4.78, 5) is 28.6. The molecular weight excluding hydrogens is 288 g/mol. The average molecular weight is 316 g/mol. The number of hydrogen-bond acceptors (Lipinski definition) is 2. The van der Waals surface area contributed by atoms with E-state index in [0.29, 0.717) is 38.5 Å². The van der Waals surface area contributed by atoms with Crippen LogP contribution in [0.4, 0.5) is 0 Å². The zero-order valence-corrected chi connectivity index (χ0v) is 15.0. The Morgan fingerprint density at radius 2 is 1.43 bits per heavy atom. The lowest BCUT2D eigenvalue weighted by Gasteiger charge is -2.35. The van der Waals surface area contributed by atoms with Crippen LogP contribution in [-0.2, 0) is 4.79 Å². The Morgan fingerprint density at radius 1 is 0.913 bits per heavy atom. The molecule has 0 radical (unpaired) electrons. The minimum atomic E-state index is 0.0848. The highest BCUT2D eigenvalue weighted by molar-refractivity contribution is 5.96. The van der Waals surface area contributed by atoms with Crippen LogP contribution in [0.5, 0.6) is 0 Å². The van der Waals surface area contributed by atoms with Gasteiger partial charge in [0.2, 0.25) is 5.91 Å². The first kappa shape index (κ1) is 17.5. The lowest BCUT2D eigenvalue weighted by atomic mass is 9.99. The molecule has 0 saturated carbocycles. The molecule has 0 spiro atoms. The number of aryl methyl sites for hydroxylation is 3. The number of carbonyl (C=O) groups is 2. The predicted octanol–water partition coefficient (Wildman–Crippen LogP) is 2.94. The lowest BCUT2D eigenvalue weighted by molar-refractivity contribution is -0.133. The average Bonchev–Trinajstić information content (AvgIpc) is 2.49. The second kappa shape index (κ2) is 7.16. The van der Waals surface area contributed by atoms with Crippen LogP contribution in [-0.4, -0.2) is 47.8 Å². The van der Waals surface area contributed by atoms with Crippen LogP contribution in [0.25, 0.3) is 0 Å². The largest absolute Gasteiger partial charge is 0.339 e. The normalized spacial score (nSPS) is 15.2. The Balaban J connectivity index is 2.01. The molecule has 1 aromatic carbocycles. The summed E-state index contributed by atoms with van der Waals surface area (Å²) in [5.74, 6) is 0.663. The summed E-state index contributed by atoms with van der Waals surface area (Å²) < 4.78 is 0. The fraction of sp³-hybridized carbons (Fsp3) is 0.579.